The summed E-state index contributed by atoms with van der Waals surface area (Å²) in [6.07, 6.45) is 0.129. The number of carbonyl (C=O) groups is 3. The topological polar surface area (TPSA) is 66.5 Å². The Morgan fingerprint density at radius 2 is 1.83 bits per heavy atom. The molecule has 5 nitrogen and oxygen atoms in total. The van der Waals surface area contributed by atoms with Crippen molar-refractivity contribution in [3.63, 3.8) is 0 Å². The van der Waals surface area contributed by atoms with Crippen LogP contribution >= 0.6 is 0 Å². The molecule has 2 rings (SSSR count). The lowest BCUT2D eigenvalue weighted by molar-refractivity contribution is -0.145. The van der Waals surface area contributed by atoms with Crippen LogP contribution in [0.25, 0.3) is 0 Å². The minimum absolute atomic E-state index is 0.0140. The van der Waals surface area contributed by atoms with Crippen LogP contribution in [-0.2, 0) is 14.4 Å². The summed E-state index contributed by atoms with van der Waals surface area (Å²) in [5.74, 6) is -1.37. The van der Waals surface area contributed by atoms with Gasteiger partial charge in [-0.1, -0.05) is 26.0 Å². The third-order valence-electron chi connectivity index (χ3n) is 4.88. The van der Waals surface area contributed by atoms with Crippen LogP contribution in [0.4, 0.5) is 4.39 Å². The van der Waals surface area contributed by atoms with Gasteiger partial charge in [0.25, 0.3) is 0 Å². The van der Waals surface area contributed by atoms with E-state index in [0.29, 0.717) is 0 Å². The number of halogens is 1. The van der Waals surface area contributed by atoms with Gasteiger partial charge in [0.05, 0.1) is 11.5 Å². The number of amides is 3. The lowest BCUT2D eigenvalue weighted by atomic mass is 9.78. The molecular weight excluding hydrogens is 311 g/mol. The highest BCUT2D eigenvalue weighted by molar-refractivity contribution is 6.07. The summed E-state index contributed by atoms with van der Waals surface area (Å²) in [7, 11) is 0. The second kappa shape index (κ2) is 6.71. The van der Waals surface area contributed by atoms with Gasteiger partial charge in [-0.2, -0.15) is 0 Å². The molecule has 3 amide bonds. The van der Waals surface area contributed by atoms with Crippen LogP contribution in [0, 0.1) is 17.2 Å². The second-order valence-electron chi connectivity index (χ2n) is 6.87. The number of nitrogens with zero attached hydrogens (tertiary/aromatic N) is 1. The van der Waals surface area contributed by atoms with Crippen LogP contribution in [0.5, 0.6) is 0 Å². The summed E-state index contributed by atoms with van der Waals surface area (Å²) in [5.41, 5.74) is -0.00391. The molecule has 1 aromatic carbocycles. The molecule has 1 aliphatic heterocycles. The first-order valence-corrected chi connectivity index (χ1v) is 8.04. The molecule has 0 bridgehead atoms. The predicted octanol–water partition coefficient (Wildman–Crippen LogP) is 2.42. The quantitative estimate of drug-likeness (QED) is 0.841. The Bertz CT molecular complexity index is 657. The minimum Gasteiger partial charge on any atom is -0.348 e. The van der Waals surface area contributed by atoms with Crippen molar-refractivity contribution in [2.75, 3.05) is 6.54 Å². The highest BCUT2D eigenvalue weighted by atomic mass is 19.1. The summed E-state index contributed by atoms with van der Waals surface area (Å²) in [4.78, 5) is 37.8. The Kier molecular flexibility index (Phi) is 5.06. The number of hydrogen-bond donors (Lipinski definition) is 1. The first-order chi connectivity index (χ1) is 11.1. The van der Waals surface area contributed by atoms with E-state index in [9.17, 15) is 18.8 Å². The summed E-state index contributed by atoms with van der Waals surface area (Å²) in [5, 5.41) is 2.73. The van der Waals surface area contributed by atoms with Crippen molar-refractivity contribution >= 4 is 17.7 Å². The maximum Gasteiger partial charge on any atom is 0.240 e. The van der Waals surface area contributed by atoms with Crippen LogP contribution in [0.1, 0.15) is 45.7 Å². The summed E-state index contributed by atoms with van der Waals surface area (Å²) in [6, 6.07) is 5.46. The van der Waals surface area contributed by atoms with Crippen LogP contribution < -0.4 is 5.32 Å². The van der Waals surface area contributed by atoms with Crippen LogP contribution in [0.15, 0.2) is 24.3 Å². The van der Waals surface area contributed by atoms with Gasteiger partial charge in [-0.05, 0) is 37.5 Å². The Labute approximate surface area is 141 Å². The summed E-state index contributed by atoms with van der Waals surface area (Å²) < 4.78 is 12.9. The molecule has 0 aromatic heterocycles. The lowest BCUT2D eigenvalue weighted by Gasteiger charge is -2.26. The standard InChI is InChI=1S/C18H23FN2O3/c1-11(2)18(4)9-16(23)21(17(18)24)10-15(22)20-12(3)13-5-7-14(19)8-6-13/h5-8,11-12H,9-10H2,1-4H3,(H,20,22). The number of likely N-dealkylation sites (tertiary alicyclic amines) is 1. The van der Waals surface area contributed by atoms with E-state index < -0.39 is 11.3 Å². The third-order valence-corrected chi connectivity index (χ3v) is 4.88. The van der Waals surface area contributed by atoms with Crippen molar-refractivity contribution in [2.45, 2.75) is 40.2 Å². The number of benzene rings is 1. The van der Waals surface area contributed by atoms with Crippen molar-refractivity contribution in [3.8, 4) is 0 Å². The molecule has 6 heteroatoms. The van der Waals surface area contributed by atoms with Crippen LogP contribution in [0.2, 0.25) is 0 Å². The summed E-state index contributed by atoms with van der Waals surface area (Å²) in [6.45, 7) is 7.02. The Balaban J connectivity index is 2.01. The number of carbonyl (C=O) groups excluding carboxylic acids is 3. The third kappa shape index (κ3) is 3.47. The normalized spacial score (nSPS) is 22.2. The van der Waals surface area contributed by atoms with Gasteiger partial charge >= 0.3 is 0 Å². The van der Waals surface area contributed by atoms with Crippen molar-refractivity contribution in [1.82, 2.24) is 10.2 Å². The van der Waals surface area contributed by atoms with Gasteiger partial charge < -0.3 is 5.32 Å². The molecule has 0 saturated carbocycles. The zero-order chi connectivity index (χ0) is 18.1. The van der Waals surface area contributed by atoms with E-state index in [4.69, 9.17) is 0 Å². The minimum atomic E-state index is -0.750. The molecule has 1 aliphatic rings. The van der Waals surface area contributed by atoms with E-state index in [1.807, 2.05) is 13.8 Å². The Morgan fingerprint density at radius 3 is 2.33 bits per heavy atom. The fourth-order valence-corrected chi connectivity index (χ4v) is 2.78. The molecule has 2 unspecified atom stereocenters. The van der Waals surface area contributed by atoms with Gasteiger partial charge in [0.2, 0.25) is 17.7 Å². The molecule has 1 N–H and O–H groups in total. The van der Waals surface area contributed by atoms with Crippen LogP contribution in [-0.4, -0.2) is 29.2 Å². The molecule has 0 spiro atoms. The molecule has 130 valence electrons. The van der Waals surface area contributed by atoms with Crippen LogP contribution in [0.3, 0.4) is 0 Å². The lowest BCUT2D eigenvalue weighted by Crippen LogP contribution is -2.43. The van der Waals surface area contributed by atoms with Crippen molar-refractivity contribution in [2.24, 2.45) is 11.3 Å². The highest BCUT2D eigenvalue weighted by Crippen LogP contribution is 2.39. The fourth-order valence-electron chi connectivity index (χ4n) is 2.78. The van der Waals surface area contributed by atoms with Gasteiger partial charge in [-0.15, -0.1) is 0 Å². The molecular formula is C18H23FN2O3. The Morgan fingerprint density at radius 1 is 1.25 bits per heavy atom. The van der Waals surface area contributed by atoms with E-state index >= 15 is 0 Å². The molecule has 0 aliphatic carbocycles. The van der Waals surface area contributed by atoms with Gasteiger partial charge in [0.15, 0.2) is 0 Å². The van der Waals surface area contributed by atoms with E-state index in [0.717, 1.165) is 10.5 Å². The summed E-state index contributed by atoms with van der Waals surface area (Å²) >= 11 is 0. The monoisotopic (exact) mass is 334 g/mol. The number of nitrogens with one attached hydrogen (secondary N) is 1. The zero-order valence-corrected chi connectivity index (χ0v) is 14.4. The van der Waals surface area contributed by atoms with Crippen molar-refractivity contribution in [3.05, 3.63) is 35.6 Å². The highest BCUT2D eigenvalue weighted by Gasteiger charge is 2.50. The van der Waals surface area contributed by atoms with Gasteiger partial charge in [-0.3, -0.25) is 19.3 Å². The van der Waals surface area contributed by atoms with E-state index in [-0.39, 0.29) is 42.6 Å². The fraction of sp³-hybridized carbons (Fsp3) is 0.500. The number of rotatable bonds is 5. The zero-order valence-electron chi connectivity index (χ0n) is 14.4. The van der Waals surface area contributed by atoms with E-state index in [1.54, 1.807) is 26.0 Å². The van der Waals surface area contributed by atoms with Crippen molar-refractivity contribution < 1.29 is 18.8 Å². The largest absolute Gasteiger partial charge is 0.348 e. The van der Waals surface area contributed by atoms with Gasteiger partial charge in [0.1, 0.15) is 12.4 Å². The van der Waals surface area contributed by atoms with Crippen molar-refractivity contribution in [1.29, 1.82) is 0 Å². The van der Waals surface area contributed by atoms with E-state index in [2.05, 4.69) is 5.32 Å². The average Bonchev–Trinajstić information content (AvgIpc) is 2.72. The van der Waals surface area contributed by atoms with Gasteiger partial charge in [-0.25, -0.2) is 4.39 Å². The molecule has 1 saturated heterocycles. The molecule has 1 aromatic rings. The first-order valence-electron chi connectivity index (χ1n) is 8.04. The Hall–Kier alpha value is -2.24. The molecule has 1 fully saturated rings. The average molecular weight is 334 g/mol. The molecule has 2 atom stereocenters. The molecule has 0 radical (unpaired) electrons. The van der Waals surface area contributed by atoms with E-state index in [1.165, 1.54) is 12.1 Å². The maximum absolute atomic E-state index is 12.9. The smallest absolute Gasteiger partial charge is 0.240 e. The predicted molar refractivity (Wildman–Crippen MR) is 87.2 cm³/mol. The second-order valence-corrected chi connectivity index (χ2v) is 6.87. The SMILES string of the molecule is CC(NC(=O)CN1C(=O)CC(C)(C(C)C)C1=O)c1ccc(F)cc1. The number of imide groups is 1. The first kappa shape index (κ1) is 18.1. The molecule has 1 heterocycles. The van der Waals surface area contributed by atoms with Gasteiger partial charge in [0, 0.05) is 6.42 Å². The number of hydrogen-bond acceptors (Lipinski definition) is 3. The maximum atomic E-state index is 12.9. The molecule has 24 heavy (non-hydrogen) atoms.